The summed E-state index contributed by atoms with van der Waals surface area (Å²) in [5.74, 6) is -0.627. The van der Waals surface area contributed by atoms with E-state index < -0.39 is 6.04 Å². The first kappa shape index (κ1) is 16.1. The molecule has 2 aromatic rings. The maximum absolute atomic E-state index is 13.4. The lowest BCUT2D eigenvalue weighted by Gasteiger charge is -2.14. The zero-order valence-corrected chi connectivity index (χ0v) is 12.9. The number of carbonyl (C=O) groups excluding carboxylic acids is 1. The van der Waals surface area contributed by atoms with Crippen LogP contribution in [0.1, 0.15) is 29.2 Å². The number of benzene rings is 1. The summed E-state index contributed by atoms with van der Waals surface area (Å²) in [6, 6.07) is 4.38. The van der Waals surface area contributed by atoms with Crippen molar-refractivity contribution in [2.45, 2.75) is 26.3 Å². The number of halogens is 1. The van der Waals surface area contributed by atoms with Crippen LogP contribution < -0.4 is 5.73 Å². The van der Waals surface area contributed by atoms with Gasteiger partial charge < -0.3 is 10.5 Å². The SMILES string of the molecule is COC(=O)CC(N)c1cncc(-c2c(C)cc(F)cc2C)c1. The molecule has 4 nitrogen and oxygen atoms in total. The van der Waals surface area contributed by atoms with Crippen LogP contribution >= 0.6 is 0 Å². The molecule has 1 heterocycles. The third-order valence-corrected chi connectivity index (χ3v) is 3.59. The van der Waals surface area contributed by atoms with Gasteiger partial charge in [-0.15, -0.1) is 0 Å². The van der Waals surface area contributed by atoms with Crippen molar-refractivity contribution in [3.05, 3.63) is 53.1 Å². The zero-order chi connectivity index (χ0) is 16.3. The summed E-state index contributed by atoms with van der Waals surface area (Å²) >= 11 is 0. The Balaban J connectivity index is 2.39. The molecule has 5 heteroatoms. The molecule has 0 radical (unpaired) electrons. The molecule has 0 spiro atoms. The number of rotatable bonds is 4. The molecule has 0 aliphatic rings. The second kappa shape index (κ2) is 6.66. The highest BCUT2D eigenvalue weighted by atomic mass is 19.1. The quantitative estimate of drug-likeness (QED) is 0.882. The normalized spacial score (nSPS) is 12.0. The number of aryl methyl sites for hydroxylation is 2. The second-order valence-corrected chi connectivity index (χ2v) is 5.31. The largest absolute Gasteiger partial charge is 0.469 e. The molecule has 2 N–H and O–H groups in total. The molecule has 2 rings (SSSR count). The lowest BCUT2D eigenvalue weighted by molar-refractivity contribution is -0.141. The van der Waals surface area contributed by atoms with Gasteiger partial charge in [0.05, 0.1) is 13.5 Å². The van der Waals surface area contributed by atoms with Crippen molar-refractivity contribution < 1.29 is 13.9 Å². The molecule has 0 fully saturated rings. The highest BCUT2D eigenvalue weighted by Crippen LogP contribution is 2.29. The van der Waals surface area contributed by atoms with Crippen LogP contribution in [0.4, 0.5) is 4.39 Å². The summed E-state index contributed by atoms with van der Waals surface area (Å²) in [6.45, 7) is 3.71. The van der Waals surface area contributed by atoms with E-state index >= 15 is 0 Å². The number of hydrogen-bond donors (Lipinski definition) is 1. The fraction of sp³-hybridized carbons (Fsp3) is 0.294. The molecule has 0 saturated heterocycles. The molecular weight excluding hydrogens is 283 g/mol. The van der Waals surface area contributed by atoms with Crippen molar-refractivity contribution in [1.29, 1.82) is 0 Å². The van der Waals surface area contributed by atoms with Crippen LogP contribution in [0.3, 0.4) is 0 Å². The van der Waals surface area contributed by atoms with E-state index in [-0.39, 0.29) is 18.2 Å². The van der Waals surface area contributed by atoms with Gasteiger partial charge in [-0.2, -0.15) is 0 Å². The van der Waals surface area contributed by atoms with Gasteiger partial charge in [0, 0.05) is 24.0 Å². The van der Waals surface area contributed by atoms with Gasteiger partial charge in [0.2, 0.25) is 0 Å². The van der Waals surface area contributed by atoms with E-state index in [1.165, 1.54) is 19.2 Å². The summed E-state index contributed by atoms with van der Waals surface area (Å²) in [7, 11) is 1.33. The zero-order valence-electron chi connectivity index (χ0n) is 12.9. The maximum Gasteiger partial charge on any atom is 0.307 e. The Morgan fingerprint density at radius 3 is 2.50 bits per heavy atom. The molecule has 1 aromatic heterocycles. The number of hydrogen-bond acceptors (Lipinski definition) is 4. The van der Waals surface area contributed by atoms with Gasteiger partial charge in [-0.05, 0) is 54.3 Å². The minimum Gasteiger partial charge on any atom is -0.469 e. The van der Waals surface area contributed by atoms with E-state index in [0.29, 0.717) is 0 Å². The van der Waals surface area contributed by atoms with Crippen LogP contribution in [-0.4, -0.2) is 18.1 Å². The minimum atomic E-state index is -0.485. The molecule has 1 unspecified atom stereocenters. The maximum atomic E-state index is 13.4. The van der Waals surface area contributed by atoms with Crippen LogP contribution in [0.25, 0.3) is 11.1 Å². The van der Waals surface area contributed by atoms with Gasteiger partial charge >= 0.3 is 5.97 Å². The molecule has 0 amide bonds. The average molecular weight is 302 g/mol. The Hall–Kier alpha value is -2.27. The third-order valence-electron chi connectivity index (χ3n) is 3.59. The van der Waals surface area contributed by atoms with E-state index in [4.69, 9.17) is 5.73 Å². The average Bonchev–Trinajstić information content (AvgIpc) is 2.46. The van der Waals surface area contributed by atoms with Crippen molar-refractivity contribution in [3.63, 3.8) is 0 Å². The summed E-state index contributed by atoms with van der Waals surface area (Å²) in [6.07, 6.45) is 3.43. The van der Waals surface area contributed by atoms with Crippen LogP contribution in [-0.2, 0) is 9.53 Å². The molecule has 116 valence electrons. The highest BCUT2D eigenvalue weighted by molar-refractivity contribution is 5.72. The number of nitrogens with zero attached hydrogens (tertiary/aromatic N) is 1. The molecule has 0 aliphatic carbocycles. The van der Waals surface area contributed by atoms with Crippen molar-refractivity contribution in [2.75, 3.05) is 7.11 Å². The van der Waals surface area contributed by atoms with Crippen molar-refractivity contribution in [2.24, 2.45) is 5.73 Å². The summed E-state index contributed by atoms with van der Waals surface area (Å²) in [4.78, 5) is 15.5. The number of esters is 1. The summed E-state index contributed by atoms with van der Waals surface area (Å²) < 4.78 is 18.1. The van der Waals surface area contributed by atoms with Gasteiger partial charge in [-0.1, -0.05) is 0 Å². The smallest absolute Gasteiger partial charge is 0.307 e. The molecule has 0 saturated carbocycles. The fourth-order valence-corrected chi connectivity index (χ4v) is 2.54. The van der Waals surface area contributed by atoms with E-state index in [1.54, 1.807) is 12.4 Å². The van der Waals surface area contributed by atoms with Crippen LogP contribution in [0, 0.1) is 19.7 Å². The van der Waals surface area contributed by atoms with E-state index in [9.17, 15) is 9.18 Å². The van der Waals surface area contributed by atoms with E-state index in [0.717, 1.165) is 27.8 Å². The van der Waals surface area contributed by atoms with Crippen LogP contribution in [0.2, 0.25) is 0 Å². The summed E-state index contributed by atoms with van der Waals surface area (Å²) in [5.41, 5.74) is 10.2. The molecule has 1 atom stereocenters. The topological polar surface area (TPSA) is 65.2 Å². The van der Waals surface area contributed by atoms with Gasteiger partial charge in [-0.25, -0.2) is 4.39 Å². The Morgan fingerprint density at radius 2 is 1.91 bits per heavy atom. The first-order valence-electron chi connectivity index (χ1n) is 6.97. The number of methoxy groups -OCH3 is 1. The lowest BCUT2D eigenvalue weighted by atomic mass is 9.94. The molecule has 0 aliphatic heterocycles. The molecule has 22 heavy (non-hydrogen) atoms. The second-order valence-electron chi connectivity index (χ2n) is 5.31. The third kappa shape index (κ3) is 3.49. The van der Waals surface area contributed by atoms with Crippen molar-refractivity contribution in [3.8, 4) is 11.1 Å². The fourth-order valence-electron chi connectivity index (χ4n) is 2.54. The lowest BCUT2D eigenvalue weighted by Crippen LogP contribution is -2.16. The number of nitrogens with two attached hydrogens (primary N) is 1. The predicted molar refractivity (Wildman–Crippen MR) is 82.7 cm³/mol. The Bertz CT molecular complexity index is 678. The monoisotopic (exact) mass is 302 g/mol. The van der Waals surface area contributed by atoms with Gasteiger partial charge in [0.15, 0.2) is 0 Å². The highest BCUT2D eigenvalue weighted by Gasteiger charge is 2.15. The number of pyridine rings is 1. The first-order valence-corrected chi connectivity index (χ1v) is 6.97. The number of carbonyl (C=O) groups is 1. The van der Waals surface area contributed by atoms with Crippen LogP contribution in [0.5, 0.6) is 0 Å². The Labute approximate surface area is 129 Å². The number of aromatic nitrogens is 1. The van der Waals surface area contributed by atoms with Gasteiger partial charge in [0.1, 0.15) is 5.82 Å². The molecule has 1 aromatic carbocycles. The van der Waals surface area contributed by atoms with E-state index in [2.05, 4.69) is 9.72 Å². The van der Waals surface area contributed by atoms with Gasteiger partial charge in [-0.3, -0.25) is 9.78 Å². The predicted octanol–water partition coefficient (Wildman–Crippen LogP) is 3.07. The minimum absolute atomic E-state index is 0.0863. The van der Waals surface area contributed by atoms with Crippen molar-refractivity contribution in [1.82, 2.24) is 4.98 Å². The molecular formula is C17H19FN2O2. The van der Waals surface area contributed by atoms with Crippen LogP contribution in [0.15, 0.2) is 30.6 Å². The standard InChI is InChI=1S/C17H19FN2O2/c1-10-4-14(18)5-11(2)17(10)13-6-12(8-20-9-13)15(19)7-16(21)22-3/h4-6,8-9,15H,7,19H2,1-3H3. The Morgan fingerprint density at radius 1 is 1.27 bits per heavy atom. The molecule has 0 bridgehead atoms. The van der Waals surface area contributed by atoms with Gasteiger partial charge in [0.25, 0.3) is 0 Å². The van der Waals surface area contributed by atoms with Crippen molar-refractivity contribution >= 4 is 5.97 Å². The first-order chi connectivity index (χ1) is 10.4. The van der Waals surface area contributed by atoms with E-state index in [1.807, 2.05) is 19.9 Å². The summed E-state index contributed by atoms with van der Waals surface area (Å²) in [5, 5.41) is 0. The Kier molecular flexibility index (Phi) is 4.88. The number of ether oxygens (including phenoxy) is 1.